The fraction of sp³-hybridized carbons (Fsp3) is 0.130. The fourth-order valence-corrected chi connectivity index (χ4v) is 4.37. The molecule has 0 fully saturated rings. The molecule has 0 saturated heterocycles. The van der Waals surface area contributed by atoms with Crippen LogP contribution in [-0.4, -0.2) is 26.8 Å². The van der Waals surface area contributed by atoms with E-state index in [1.807, 2.05) is 0 Å². The summed E-state index contributed by atoms with van der Waals surface area (Å²) in [5.74, 6) is -0.710. The summed E-state index contributed by atoms with van der Waals surface area (Å²) in [4.78, 5) is 25.0. The molecule has 8 nitrogen and oxygen atoms in total. The lowest BCUT2D eigenvalue weighted by atomic mass is 10.1. The fourth-order valence-electron chi connectivity index (χ4n) is 3.06. The lowest BCUT2D eigenvalue weighted by Gasteiger charge is -2.14. The molecule has 3 aromatic rings. The summed E-state index contributed by atoms with van der Waals surface area (Å²) >= 11 is 18.3. The number of amides is 2. The molecule has 0 bridgehead atoms. The van der Waals surface area contributed by atoms with Gasteiger partial charge in [-0.15, -0.1) is 0 Å². The first-order valence-electron chi connectivity index (χ1n) is 10.0. The average molecular weight is 557 g/mol. The molecular formula is C23H20Cl3N3O5S. The van der Waals surface area contributed by atoms with E-state index < -0.39 is 28.4 Å². The normalized spacial score (nSPS) is 11.1. The predicted molar refractivity (Wildman–Crippen MR) is 137 cm³/mol. The van der Waals surface area contributed by atoms with Crippen molar-refractivity contribution in [2.24, 2.45) is 5.14 Å². The molecule has 0 aliphatic heterocycles. The van der Waals surface area contributed by atoms with Crippen LogP contribution in [0.1, 0.15) is 11.1 Å². The van der Waals surface area contributed by atoms with Gasteiger partial charge < -0.3 is 15.4 Å². The van der Waals surface area contributed by atoms with Crippen LogP contribution in [0.25, 0.3) is 0 Å². The Morgan fingerprint density at radius 3 is 2.20 bits per heavy atom. The molecule has 0 saturated carbocycles. The van der Waals surface area contributed by atoms with Crippen LogP contribution < -0.4 is 20.5 Å². The molecule has 0 atom stereocenters. The highest BCUT2D eigenvalue weighted by atomic mass is 35.5. The summed E-state index contributed by atoms with van der Waals surface area (Å²) in [5.41, 5.74) is 1.63. The van der Waals surface area contributed by atoms with E-state index in [1.165, 1.54) is 30.3 Å². The topological polar surface area (TPSA) is 128 Å². The third-order valence-corrected chi connectivity index (χ3v) is 6.63. The van der Waals surface area contributed by atoms with Crippen molar-refractivity contribution in [1.29, 1.82) is 0 Å². The van der Waals surface area contributed by atoms with Crippen LogP contribution in [0.3, 0.4) is 0 Å². The van der Waals surface area contributed by atoms with Crippen LogP contribution in [0.2, 0.25) is 15.1 Å². The summed E-state index contributed by atoms with van der Waals surface area (Å²) in [6, 6.07) is 13.6. The number of benzene rings is 3. The number of hydrogen-bond acceptors (Lipinski definition) is 5. The third kappa shape index (κ3) is 7.33. The first-order valence-corrected chi connectivity index (χ1v) is 12.7. The smallest absolute Gasteiger partial charge is 0.262 e. The van der Waals surface area contributed by atoms with Gasteiger partial charge in [-0.3, -0.25) is 9.59 Å². The average Bonchev–Trinajstić information content (AvgIpc) is 2.76. The number of ether oxygens (including phenoxy) is 1. The van der Waals surface area contributed by atoms with Gasteiger partial charge in [-0.05, 0) is 66.6 Å². The number of primary sulfonamides is 1. The SMILES string of the molecule is Cc1cc(S(N)(=O)=O)ccc1NC(=O)COc1ccc(Cl)cc1NC(=O)Cc1c(Cl)cccc1Cl. The molecule has 12 heteroatoms. The summed E-state index contributed by atoms with van der Waals surface area (Å²) in [6.07, 6.45) is -0.0846. The van der Waals surface area contributed by atoms with Crippen LogP contribution in [0, 0.1) is 6.92 Å². The first kappa shape index (κ1) is 26.8. The van der Waals surface area contributed by atoms with Gasteiger partial charge in [-0.1, -0.05) is 40.9 Å². The summed E-state index contributed by atoms with van der Waals surface area (Å²) < 4.78 is 28.5. The maximum atomic E-state index is 12.6. The molecule has 3 aromatic carbocycles. The van der Waals surface area contributed by atoms with Gasteiger partial charge in [0.25, 0.3) is 5.91 Å². The number of carbonyl (C=O) groups is 2. The Kier molecular flexibility index (Phi) is 8.63. The van der Waals surface area contributed by atoms with Crippen molar-refractivity contribution in [3.63, 3.8) is 0 Å². The lowest BCUT2D eigenvalue weighted by molar-refractivity contribution is -0.118. The minimum atomic E-state index is -3.86. The third-order valence-electron chi connectivity index (χ3n) is 4.77. The second-order valence-corrected chi connectivity index (χ2v) is 10.2. The van der Waals surface area contributed by atoms with E-state index in [0.29, 0.717) is 31.9 Å². The van der Waals surface area contributed by atoms with E-state index >= 15 is 0 Å². The molecule has 4 N–H and O–H groups in total. The van der Waals surface area contributed by atoms with Crippen molar-refractivity contribution in [2.45, 2.75) is 18.2 Å². The van der Waals surface area contributed by atoms with E-state index in [0.717, 1.165) is 0 Å². The number of carbonyl (C=O) groups excluding carboxylic acids is 2. The molecule has 2 amide bonds. The second-order valence-electron chi connectivity index (χ2n) is 7.42. The van der Waals surface area contributed by atoms with Crippen molar-refractivity contribution in [2.75, 3.05) is 17.2 Å². The molecule has 3 rings (SSSR count). The van der Waals surface area contributed by atoms with E-state index in [1.54, 1.807) is 31.2 Å². The van der Waals surface area contributed by atoms with Gasteiger partial charge in [0.05, 0.1) is 17.0 Å². The maximum Gasteiger partial charge on any atom is 0.262 e. The monoisotopic (exact) mass is 555 g/mol. The molecule has 0 unspecified atom stereocenters. The summed E-state index contributed by atoms with van der Waals surface area (Å²) in [7, 11) is -3.86. The van der Waals surface area contributed by atoms with E-state index in [9.17, 15) is 18.0 Å². The maximum absolute atomic E-state index is 12.6. The number of sulfonamides is 1. The lowest BCUT2D eigenvalue weighted by Crippen LogP contribution is -2.22. The highest BCUT2D eigenvalue weighted by Gasteiger charge is 2.15. The zero-order valence-corrected chi connectivity index (χ0v) is 21.4. The molecule has 0 heterocycles. The van der Waals surface area contributed by atoms with E-state index in [2.05, 4.69) is 10.6 Å². The van der Waals surface area contributed by atoms with Gasteiger partial charge in [-0.25, -0.2) is 13.6 Å². The van der Waals surface area contributed by atoms with Crippen LogP contribution in [0.15, 0.2) is 59.5 Å². The molecule has 0 aliphatic carbocycles. The highest BCUT2D eigenvalue weighted by molar-refractivity contribution is 7.89. The number of hydrogen-bond donors (Lipinski definition) is 3. The Morgan fingerprint density at radius 2 is 1.57 bits per heavy atom. The number of rotatable bonds is 8. The van der Waals surface area contributed by atoms with Crippen LogP contribution in [0.5, 0.6) is 5.75 Å². The molecule has 184 valence electrons. The van der Waals surface area contributed by atoms with E-state index in [4.69, 9.17) is 44.7 Å². The number of aryl methyl sites for hydroxylation is 1. The zero-order chi connectivity index (χ0) is 25.8. The Balaban J connectivity index is 1.67. The van der Waals surface area contributed by atoms with Crippen molar-refractivity contribution in [3.05, 3.63) is 80.8 Å². The molecule has 0 aliphatic rings. The Labute approximate surface area is 217 Å². The molecular weight excluding hydrogens is 537 g/mol. The predicted octanol–water partition coefficient (Wildman–Crippen LogP) is 4.80. The quantitative estimate of drug-likeness (QED) is 0.367. The van der Waals surface area contributed by atoms with Gasteiger partial charge in [0.15, 0.2) is 6.61 Å². The van der Waals surface area contributed by atoms with Crippen molar-refractivity contribution < 1.29 is 22.7 Å². The largest absolute Gasteiger partial charge is 0.482 e. The molecule has 35 heavy (non-hydrogen) atoms. The van der Waals surface area contributed by atoms with Gasteiger partial charge in [0.2, 0.25) is 15.9 Å². The van der Waals surface area contributed by atoms with Crippen LogP contribution >= 0.6 is 34.8 Å². The Hall–Kier alpha value is -2.82. The Bertz CT molecular complexity index is 1380. The minimum Gasteiger partial charge on any atom is -0.482 e. The van der Waals surface area contributed by atoms with Crippen molar-refractivity contribution in [3.8, 4) is 5.75 Å². The molecule has 0 radical (unpaired) electrons. The van der Waals surface area contributed by atoms with Crippen LogP contribution in [-0.2, 0) is 26.0 Å². The second kappa shape index (κ2) is 11.3. The van der Waals surface area contributed by atoms with Gasteiger partial charge in [0, 0.05) is 20.8 Å². The van der Waals surface area contributed by atoms with E-state index in [-0.39, 0.29) is 22.8 Å². The zero-order valence-electron chi connectivity index (χ0n) is 18.3. The van der Waals surface area contributed by atoms with Crippen molar-refractivity contribution >= 4 is 68.0 Å². The number of anilines is 2. The van der Waals surface area contributed by atoms with Gasteiger partial charge in [-0.2, -0.15) is 0 Å². The summed E-state index contributed by atoms with van der Waals surface area (Å²) in [5, 5.41) is 11.5. The first-order chi connectivity index (χ1) is 16.4. The van der Waals surface area contributed by atoms with Crippen molar-refractivity contribution in [1.82, 2.24) is 0 Å². The highest BCUT2D eigenvalue weighted by Crippen LogP contribution is 2.30. The standard InChI is InChI=1S/C23H20Cl3N3O5S/c1-13-9-15(35(27,32)33)6-7-19(13)28-23(31)12-34-21-8-5-14(24)10-20(21)29-22(30)11-16-17(25)3-2-4-18(16)26/h2-10H,11-12H2,1H3,(H,28,31)(H,29,30)(H2,27,32,33). The summed E-state index contributed by atoms with van der Waals surface area (Å²) in [6.45, 7) is 1.24. The number of nitrogens with two attached hydrogens (primary N) is 1. The molecule has 0 aromatic heterocycles. The van der Waals surface area contributed by atoms with Gasteiger partial charge in [0.1, 0.15) is 5.75 Å². The number of nitrogens with one attached hydrogen (secondary N) is 2. The Morgan fingerprint density at radius 1 is 0.914 bits per heavy atom. The van der Waals surface area contributed by atoms with Crippen LogP contribution in [0.4, 0.5) is 11.4 Å². The minimum absolute atomic E-state index is 0.0659. The number of halogens is 3. The molecule has 0 spiro atoms. The van der Waals surface area contributed by atoms with Gasteiger partial charge >= 0.3 is 0 Å².